The lowest BCUT2D eigenvalue weighted by molar-refractivity contribution is -0.131. The number of hydrogen-bond donors (Lipinski definition) is 1. The van der Waals surface area contributed by atoms with E-state index >= 15 is 0 Å². The van der Waals surface area contributed by atoms with Crippen LogP contribution < -0.4 is 10.1 Å². The van der Waals surface area contributed by atoms with E-state index in [1.807, 2.05) is 48.5 Å². The maximum absolute atomic E-state index is 13.2. The zero-order valence-electron chi connectivity index (χ0n) is 17.4. The normalized spacial score (nSPS) is 19.6. The van der Waals surface area contributed by atoms with E-state index in [1.54, 1.807) is 24.3 Å². The fourth-order valence-electron chi connectivity index (χ4n) is 4.41. The average molecular weight is 426 g/mol. The summed E-state index contributed by atoms with van der Waals surface area (Å²) < 4.78 is 5.74. The molecule has 1 aliphatic carbocycles. The maximum atomic E-state index is 13.2. The molecule has 1 saturated heterocycles. The van der Waals surface area contributed by atoms with Gasteiger partial charge in [-0.15, -0.1) is 0 Å². The molecule has 1 spiro atoms. The maximum Gasteiger partial charge on any atom is 0.325 e. The zero-order chi connectivity index (χ0) is 22.1. The highest BCUT2D eigenvalue weighted by atomic mass is 16.5. The molecular weight excluding hydrogens is 404 g/mol. The number of benzene rings is 3. The van der Waals surface area contributed by atoms with Crippen LogP contribution in [0.25, 0.3) is 0 Å². The van der Waals surface area contributed by atoms with Gasteiger partial charge in [-0.2, -0.15) is 0 Å². The molecule has 3 aromatic carbocycles. The largest absolute Gasteiger partial charge is 0.457 e. The summed E-state index contributed by atoms with van der Waals surface area (Å²) in [5, 5.41) is 2.87. The molecule has 2 aliphatic rings. The summed E-state index contributed by atoms with van der Waals surface area (Å²) in [7, 11) is 0. The van der Waals surface area contributed by atoms with Gasteiger partial charge in [-0.25, -0.2) is 4.79 Å². The minimum atomic E-state index is -0.959. The fraction of sp³-hybridized carbons (Fsp3) is 0.192. The number of imide groups is 1. The molecule has 6 nitrogen and oxygen atoms in total. The number of rotatable bonds is 5. The standard InChI is InChI=1S/C26H22N2O4/c29-23(19-10-12-22(13-11-19)32-21-8-2-1-3-9-21)17-28-24(30)26(27-25(28)31)15-14-18-6-4-5-7-20(18)16-26/h1-13H,14-17H2,(H,27,31). The Morgan fingerprint density at radius 3 is 2.28 bits per heavy atom. The first-order valence-corrected chi connectivity index (χ1v) is 10.6. The average Bonchev–Trinajstić information content (AvgIpc) is 3.04. The highest BCUT2D eigenvalue weighted by Crippen LogP contribution is 2.33. The van der Waals surface area contributed by atoms with Gasteiger partial charge in [0.2, 0.25) is 0 Å². The van der Waals surface area contributed by atoms with Gasteiger partial charge < -0.3 is 10.1 Å². The molecule has 3 amide bonds. The monoisotopic (exact) mass is 426 g/mol. The van der Waals surface area contributed by atoms with Crippen LogP contribution in [0.5, 0.6) is 11.5 Å². The molecule has 1 fully saturated rings. The summed E-state index contributed by atoms with van der Waals surface area (Å²) in [6.45, 7) is -0.285. The first-order chi connectivity index (χ1) is 15.5. The second kappa shape index (κ2) is 7.96. The Balaban J connectivity index is 1.27. The van der Waals surface area contributed by atoms with Gasteiger partial charge in [-0.3, -0.25) is 14.5 Å². The SMILES string of the molecule is O=C(CN1C(=O)NC2(CCc3ccccc3C2)C1=O)c1ccc(Oc2ccccc2)cc1. The Bertz CT molecular complexity index is 1190. The number of ketones is 1. The van der Waals surface area contributed by atoms with Crippen LogP contribution in [0.15, 0.2) is 78.9 Å². The number of amides is 3. The van der Waals surface area contributed by atoms with Crippen molar-refractivity contribution >= 4 is 17.7 Å². The number of ether oxygens (including phenoxy) is 1. The first-order valence-electron chi connectivity index (χ1n) is 10.6. The van der Waals surface area contributed by atoms with Crippen LogP contribution in [-0.2, 0) is 17.6 Å². The number of urea groups is 1. The topological polar surface area (TPSA) is 75.7 Å². The van der Waals surface area contributed by atoms with Crippen LogP contribution >= 0.6 is 0 Å². The molecule has 1 aliphatic heterocycles. The van der Waals surface area contributed by atoms with Crippen LogP contribution in [0, 0.1) is 0 Å². The Morgan fingerprint density at radius 1 is 0.875 bits per heavy atom. The van der Waals surface area contributed by atoms with Crippen molar-refractivity contribution in [2.45, 2.75) is 24.8 Å². The Hall–Kier alpha value is -3.93. The summed E-state index contributed by atoms with van der Waals surface area (Å²) >= 11 is 0. The van der Waals surface area contributed by atoms with E-state index in [0.29, 0.717) is 36.3 Å². The molecule has 1 N–H and O–H groups in total. The summed E-state index contributed by atoms with van der Waals surface area (Å²) in [5.41, 5.74) is 1.72. The molecule has 32 heavy (non-hydrogen) atoms. The number of para-hydroxylation sites is 1. The number of nitrogens with zero attached hydrogens (tertiary/aromatic N) is 1. The van der Waals surface area contributed by atoms with Gasteiger partial charge in [0, 0.05) is 12.0 Å². The molecule has 1 unspecified atom stereocenters. The van der Waals surface area contributed by atoms with E-state index in [1.165, 1.54) is 5.56 Å². The van der Waals surface area contributed by atoms with Crippen molar-refractivity contribution in [1.29, 1.82) is 0 Å². The lowest BCUT2D eigenvalue weighted by atomic mass is 9.78. The molecule has 1 heterocycles. The van der Waals surface area contributed by atoms with Crippen molar-refractivity contribution in [3.05, 3.63) is 95.6 Å². The second-order valence-electron chi connectivity index (χ2n) is 8.21. The molecular formula is C26H22N2O4. The number of carbonyl (C=O) groups excluding carboxylic acids is 3. The van der Waals surface area contributed by atoms with Gasteiger partial charge in [-0.05, 0) is 60.4 Å². The number of Topliss-reactive ketones (excluding diaryl/α,β-unsaturated/α-hetero) is 1. The van der Waals surface area contributed by atoms with Gasteiger partial charge in [-0.1, -0.05) is 42.5 Å². The van der Waals surface area contributed by atoms with Crippen LogP contribution in [0.3, 0.4) is 0 Å². The van der Waals surface area contributed by atoms with Gasteiger partial charge in [0.1, 0.15) is 17.0 Å². The quantitative estimate of drug-likeness (QED) is 0.491. The third kappa shape index (κ3) is 3.64. The Labute approximate surface area is 185 Å². The predicted octanol–water partition coefficient (Wildman–Crippen LogP) is 4.14. The van der Waals surface area contributed by atoms with Crippen molar-refractivity contribution in [1.82, 2.24) is 10.2 Å². The van der Waals surface area contributed by atoms with E-state index in [9.17, 15) is 14.4 Å². The summed E-state index contributed by atoms with van der Waals surface area (Å²) in [4.78, 5) is 39.7. The highest BCUT2D eigenvalue weighted by molar-refractivity contribution is 6.11. The van der Waals surface area contributed by atoms with E-state index in [-0.39, 0.29) is 18.2 Å². The Morgan fingerprint density at radius 2 is 1.53 bits per heavy atom. The molecule has 6 heteroatoms. The van der Waals surface area contributed by atoms with Crippen molar-refractivity contribution in [2.75, 3.05) is 6.54 Å². The molecule has 5 rings (SSSR count). The number of aryl methyl sites for hydroxylation is 1. The van der Waals surface area contributed by atoms with Crippen molar-refractivity contribution in [3.8, 4) is 11.5 Å². The van der Waals surface area contributed by atoms with Crippen molar-refractivity contribution in [2.24, 2.45) is 0 Å². The van der Waals surface area contributed by atoms with Gasteiger partial charge >= 0.3 is 6.03 Å². The fourth-order valence-corrected chi connectivity index (χ4v) is 4.41. The zero-order valence-corrected chi connectivity index (χ0v) is 17.4. The third-order valence-electron chi connectivity index (χ3n) is 6.13. The molecule has 0 bridgehead atoms. The highest BCUT2D eigenvalue weighted by Gasteiger charge is 2.52. The molecule has 0 aromatic heterocycles. The van der Waals surface area contributed by atoms with Gasteiger partial charge in [0.25, 0.3) is 5.91 Å². The van der Waals surface area contributed by atoms with Crippen LogP contribution in [0.4, 0.5) is 4.79 Å². The minimum Gasteiger partial charge on any atom is -0.457 e. The van der Waals surface area contributed by atoms with E-state index < -0.39 is 11.6 Å². The predicted molar refractivity (Wildman–Crippen MR) is 119 cm³/mol. The van der Waals surface area contributed by atoms with Crippen molar-refractivity contribution < 1.29 is 19.1 Å². The molecule has 3 aromatic rings. The third-order valence-corrected chi connectivity index (χ3v) is 6.13. The van der Waals surface area contributed by atoms with Crippen LogP contribution in [-0.4, -0.2) is 34.7 Å². The van der Waals surface area contributed by atoms with E-state index in [4.69, 9.17) is 4.74 Å². The Kier molecular flexibility index (Phi) is 4.98. The number of nitrogens with one attached hydrogen (secondary N) is 1. The molecule has 0 saturated carbocycles. The second-order valence-corrected chi connectivity index (χ2v) is 8.21. The van der Waals surface area contributed by atoms with E-state index in [2.05, 4.69) is 11.4 Å². The molecule has 0 radical (unpaired) electrons. The minimum absolute atomic E-state index is 0.285. The van der Waals surface area contributed by atoms with Crippen LogP contribution in [0.1, 0.15) is 27.9 Å². The molecule has 160 valence electrons. The summed E-state index contributed by atoms with van der Waals surface area (Å²) in [5.74, 6) is 0.676. The van der Waals surface area contributed by atoms with Crippen molar-refractivity contribution in [3.63, 3.8) is 0 Å². The van der Waals surface area contributed by atoms with Gasteiger partial charge in [0.05, 0.1) is 6.54 Å². The lowest BCUT2D eigenvalue weighted by Gasteiger charge is -2.32. The smallest absolute Gasteiger partial charge is 0.325 e. The lowest BCUT2D eigenvalue weighted by Crippen LogP contribution is -2.51. The summed E-state index contributed by atoms with van der Waals surface area (Å²) in [6.07, 6.45) is 1.70. The molecule has 1 atom stereocenters. The van der Waals surface area contributed by atoms with Crippen LogP contribution in [0.2, 0.25) is 0 Å². The number of fused-ring (bicyclic) bond motifs is 1. The summed E-state index contributed by atoms with van der Waals surface area (Å²) in [6, 6.07) is 23.5. The number of hydrogen-bond acceptors (Lipinski definition) is 4. The van der Waals surface area contributed by atoms with Gasteiger partial charge in [0.15, 0.2) is 5.78 Å². The number of carbonyl (C=O) groups is 3. The first kappa shape index (κ1) is 20.0. The van der Waals surface area contributed by atoms with E-state index in [0.717, 1.165) is 10.5 Å².